The second-order valence-electron chi connectivity index (χ2n) is 4.06. The van der Waals surface area contributed by atoms with Gasteiger partial charge in [0.05, 0.1) is 0 Å². The molecule has 0 aliphatic heterocycles. The van der Waals surface area contributed by atoms with Crippen molar-refractivity contribution in [3.63, 3.8) is 0 Å². The lowest BCUT2D eigenvalue weighted by Crippen LogP contribution is -2.34. The minimum atomic E-state index is 0.763. The Morgan fingerprint density at radius 3 is 2.53 bits per heavy atom. The quantitative estimate of drug-likeness (QED) is 0.583. The van der Waals surface area contributed by atoms with Gasteiger partial charge in [-0.2, -0.15) is 11.8 Å². The predicted molar refractivity (Wildman–Crippen MR) is 72.9 cm³/mol. The lowest BCUT2D eigenvalue weighted by Gasteiger charge is -2.26. The van der Waals surface area contributed by atoms with Gasteiger partial charge in [0.15, 0.2) is 0 Å². The SMILES string of the molecule is CCNCCCCN(C)C(CC)CSC. The van der Waals surface area contributed by atoms with E-state index in [0.29, 0.717) is 0 Å². The molecule has 0 aliphatic carbocycles. The van der Waals surface area contributed by atoms with E-state index >= 15 is 0 Å². The van der Waals surface area contributed by atoms with Gasteiger partial charge in [0.2, 0.25) is 0 Å². The van der Waals surface area contributed by atoms with Crippen molar-refractivity contribution in [2.24, 2.45) is 0 Å². The summed E-state index contributed by atoms with van der Waals surface area (Å²) in [7, 11) is 2.26. The average Bonchev–Trinajstić information content (AvgIpc) is 2.25. The van der Waals surface area contributed by atoms with E-state index in [1.807, 2.05) is 11.8 Å². The zero-order chi connectivity index (χ0) is 11.5. The first kappa shape index (κ1) is 15.3. The van der Waals surface area contributed by atoms with Crippen LogP contribution in [-0.4, -0.2) is 49.6 Å². The Hall–Kier alpha value is 0.270. The molecule has 2 nitrogen and oxygen atoms in total. The maximum Gasteiger partial charge on any atom is 0.0180 e. The van der Waals surface area contributed by atoms with Gasteiger partial charge in [-0.15, -0.1) is 0 Å². The summed E-state index contributed by atoms with van der Waals surface area (Å²) in [6.45, 7) is 7.96. The Kier molecular flexibility index (Phi) is 11.0. The maximum atomic E-state index is 3.37. The van der Waals surface area contributed by atoms with E-state index in [1.54, 1.807) is 0 Å². The molecule has 92 valence electrons. The Morgan fingerprint density at radius 1 is 1.27 bits per heavy atom. The van der Waals surface area contributed by atoms with Crippen LogP contribution in [0.3, 0.4) is 0 Å². The topological polar surface area (TPSA) is 15.3 Å². The molecule has 1 atom stereocenters. The van der Waals surface area contributed by atoms with Gasteiger partial charge in [0, 0.05) is 11.8 Å². The van der Waals surface area contributed by atoms with Crippen molar-refractivity contribution in [1.82, 2.24) is 10.2 Å². The summed E-state index contributed by atoms with van der Waals surface area (Å²) in [4.78, 5) is 2.52. The minimum absolute atomic E-state index is 0.763. The third-order valence-corrected chi connectivity index (χ3v) is 3.54. The summed E-state index contributed by atoms with van der Waals surface area (Å²) in [5.41, 5.74) is 0. The highest BCUT2D eigenvalue weighted by atomic mass is 32.2. The van der Waals surface area contributed by atoms with Crippen molar-refractivity contribution in [3.8, 4) is 0 Å². The molecule has 0 saturated carbocycles. The highest BCUT2D eigenvalue weighted by Gasteiger charge is 2.10. The van der Waals surface area contributed by atoms with Crippen LogP contribution in [0.5, 0.6) is 0 Å². The van der Waals surface area contributed by atoms with Crippen molar-refractivity contribution in [2.75, 3.05) is 38.7 Å². The van der Waals surface area contributed by atoms with Crippen molar-refractivity contribution >= 4 is 11.8 Å². The van der Waals surface area contributed by atoms with Crippen LogP contribution in [0, 0.1) is 0 Å². The first-order valence-electron chi connectivity index (χ1n) is 6.16. The van der Waals surface area contributed by atoms with E-state index < -0.39 is 0 Å². The van der Waals surface area contributed by atoms with E-state index in [0.717, 1.165) is 12.6 Å². The normalized spacial score (nSPS) is 13.4. The molecule has 0 aromatic carbocycles. The molecule has 1 unspecified atom stereocenters. The van der Waals surface area contributed by atoms with Gasteiger partial charge in [0.25, 0.3) is 0 Å². The fraction of sp³-hybridized carbons (Fsp3) is 1.00. The highest BCUT2D eigenvalue weighted by molar-refractivity contribution is 7.98. The van der Waals surface area contributed by atoms with Gasteiger partial charge in [0.1, 0.15) is 0 Å². The molecule has 0 saturated heterocycles. The minimum Gasteiger partial charge on any atom is -0.317 e. The molecule has 0 aromatic heterocycles. The fourth-order valence-electron chi connectivity index (χ4n) is 1.72. The summed E-state index contributed by atoms with van der Waals surface area (Å²) in [6.07, 6.45) is 6.08. The van der Waals surface area contributed by atoms with E-state index in [9.17, 15) is 0 Å². The molecule has 0 aliphatic rings. The van der Waals surface area contributed by atoms with E-state index in [1.165, 1.54) is 38.1 Å². The summed E-state index contributed by atoms with van der Waals surface area (Å²) in [6, 6.07) is 0.763. The molecular formula is C12H28N2S. The van der Waals surface area contributed by atoms with Gasteiger partial charge < -0.3 is 10.2 Å². The van der Waals surface area contributed by atoms with Crippen LogP contribution in [0.25, 0.3) is 0 Å². The van der Waals surface area contributed by atoms with Crippen molar-refractivity contribution in [1.29, 1.82) is 0 Å². The molecular weight excluding hydrogens is 204 g/mol. The Balaban J connectivity index is 3.48. The van der Waals surface area contributed by atoms with E-state index in [2.05, 4.69) is 37.4 Å². The van der Waals surface area contributed by atoms with Crippen LogP contribution in [-0.2, 0) is 0 Å². The summed E-state index contributed by atoms with van der Waals surface area (Å²) in [5.74, 6) is 1.26. The highest BCUT2D eigenvalue weighted by Crippen LogP contribution is 2.08. The number of thioether (sulfide) groups is 1. The summed E-state index contributed by atoms with van der Waals surface area (Å²) >= 11 is 1.96. The van der Waals surface area contributed by atoms with Gasteiger partial charge >= 0.3 is 0 Å². The summed E-state index contributed by atoms with van der Waals surface area (Å²) in [5, 5.41) is 3.37. The molecule has 1 N–H and O–H groups in total. The van der Waals surface area contributed by atoms with Gasteiger partial charge in [-0.3, -0.25) is 0 Å². The van der Waals surface area contributed by atoms with Crippen LogP contribution in [0.4, 0.5) is 0 Å². The molecule has 0 radical (unpaired) electrons. The second kappa shape index (κ2) is 10.8. The maximum absolute atomic E-state index is 3.37. The van der Waals surface area contributed by atoms with Crippen molar-refractivity contribution in [2.45, 2.75) is 39.2 Å². The average molecular weight is 232 g/mol. The molecule has 0 fully saturated rings. The Labute approximate surface area is 100 Å². The zero-order valence-electron chi connectivity index (χ0n) is 10.9. The van der Waals surface area contributed by atoms with E-state index in [4.69, 9.17) is 0 Å². The lowest BCUT2D eigenvalue weighted by molar-refractivity contribution is 0.251. The van der Waals surface area contributed by atoms with E-state index in [-0.39, 0.29) is 0 Å². The molecule has 0 amide bonds. The van der Waals surface area contributed by atoms with Crippen LogP contribution in [0.15, 0.2) is 0 Å². The van der Waals surface area contributed by atoms with Gasteiger partial charge in [-0.05, 0) is 52.2 Å². The summed E-state index contributed by atoms with van der Waals surface area (Å²) < 4.78 is 0. The lowest BCUT2D eigenvalue weighted by atomic mass is 10.2. The largest absolute Gasteiger partial charge is 0.317 e. The van der Waals surface area contributed by atoms with Crippen LogP contribution in [0.1, 0.15) is 33.1 Å². The molecule has 0 spiro atoms. The molecule has 3 heteroatoms. The van der Waals surface area contributed by atoms with Gasteiger partial charge in [-0.25, -0.2) is 0 Å². The Bertz CT molecular complexity index is 131. The number of hydrogen-bond acceptors (Lipinski definition) is 3. The molecule has 0 heterocycles. The third-order valence-electron chi connectivity index (χ3n) is 2.82. The van der Waals surface area contributed by atoms with Gasteiger partial charge in [-0.1, -0.05) is 13.8 Å². The fourth-order valence-corrected chi connectivity index (χ4v) is 2.59. The third kappa shape index (κ3) is 8.12. The second-order valence-corrected chi connectivity index (χ2v) is 4.97. The van der Waals surface area contributed by atoms with Crippen LogP contribution < -0.4 is 5.32 Å². The number of nitrogens with zero attached hydrogens (tertiary/aromatic N) is 1. The molecule has 15 heavy (non-hydrogen) atoms. The zero-order valence-corrected chi connectivity index (χ0v) is 11.7. The number of nitrogens with one attached hydrogen (secondary N) is 1. The standard InChI is InChI=1S/C12H28N2S/c1-5-12(11-15-4)14(3)10-8-7-9-13-6-2/h12-13H,5-11H2,1-4H3. The van der Waals surface area contributed by atoms with Crippen molar-refractivity contribution in [3.05, 3.63) is 0 Å². The molecule has 0 aromatic rings. The Morgan fingerprint density at radius 2 is 2.00 bits per heavy atom. The smallest absolute Gasteiger partial charge is 0.0180 e. The first-order valence-corrected chi connectivity index (χ1v) is 7.55. The molecule has 0 rings (SSSR count). The number of unbranched alkanes of at least 4 members (excludes halogenated alkanes) is 1. The van der Waals surface area contributed by atoms with Crippen molar-refractivity contribution < 1.29 is 0 Å². The van der Waals surface area contributed by atoms with Crippen LogP contribution in [0.2, 0.25) is 0 Å². The molecule has 0 bridgehead atoms. The first-order chi connectivity index (χ1) is 7.26. The number of rotatable bonds is 10. The predicted octanol–water partition coefficient (Wildman–Crippen LogP) is 2.45. The van der Waals surface area contributed by atoms with Crippen LogP contribution >= 0.6 is 11.8 Å². The monoisotopic (exact) mass is 232 g/mol. The number of hydrogen-bond donors (Lipinski definition) is 1.